The van der Waals surface area contributed by atoms with Crippen molar-refractivity contribution in [2.75, 3.05) is 25.1 Å². The van der Waals surface area contributed by atoms with E-state index >= 15 is 0 Å². The lowest BCUT2D eigenvalue weighted by molar-refractivity contribution is -0.0289. The number of sulfonamides is 1. The molecular weight excluding hydrogens is 483 g/mol. The molecule has 3 aromatic rings. The van der Waals surface area contributed by atoms with E-state index in [4.69, 9.17) is 10.5 Å². The molecule has 4 rings (SSSR count). The Bertz CT molecular complexity index is 1350. The number of methoxy groups -OCH3 is 1. The van der Waals surface area contributed by atoms with Crippen LogP contribution in [0, 0.1) is 10.7 Å². The largest absolute Gasteiger partial charge is 0.383 e. The number of nitrogens with zero attached hydrogens (tertiary/aromatic N) is 3. The molecule has 2 N–H and O–H groups in total. The molecule has 0 saturated carbocycles. The van der Waals surface area contributed by atoms with Gasteiger partial charge in [0.25, 0.3) is 10.0 Å². The third kappa shape index (κ3) is 5.60. The van der Waals surface area contributed by atoms with Crippen LogP contribution >= 0.6 is 0 Å². The molecule has 1 fully saturated rings. The Morgan fingerprint density at radius 1 is 1.06 bits per heavy atom. The first-order valence-corrected chi connectivity index (χ1v) is 12.9. The van der Waals surface area contributed by atoms with Crippen molar-refractivity contribution in [1.82, 2.24) is 0 Å². The summed E-state index contributed by atoms with van der Waals surface area (Å²) in [7, 11) is -2.49. The van der Waals surface area contributed by atoms with Gasteiger partial charge >= 0.3 is 0 Å². The molecule has 10 heteroatoms. The average Bonchev–Trinajstić information content (AvgIpc) is 2.89. The molecule has 1 aliphatic rings. The molecule has 1 saturated heterocycles. The average molecular weight is 511 g/mol. The molecule has 0 aromatic heterocycles. The van der Waals surface area contributed by atoms with Crippen LogP contribution in [0.3, 0.4) is 0 Å². The number of nitrogens with two attached hydrogens (primary N) is 1. The van der Waals surface area contributed by atoms with Gasteiger partial charge in [-0.2, -0.15) is 8.42 Å². The van der Waals surface area contributed by atoms with Gasteiger partial charge in [-0.25, -0.2) is 4.39 Å². The Labute approximate surface area is 209 Å². The zero-order chi connectivity index (χ0) is 25.8. The summed E-state index contributed by atoms with van der Waals surface area (Å²) in [5, 5.41) is 2.49. The minimum atomic E-state index is -4.26. The van der Waals surface area contributed by atoms with Crippen molar-refractivity contribution >= 4 is 27.2 Å². The number of nitroso groups, excluding NO2 is 1. The van der Waals surface area contributed by atoms with Crippen LogP contribution in [0.4, 0.5) is 15.8 Å². The first-order chi connectivity index (χ1) is 17.2. The number of rotatable bonds is 8. The molecular formula is C26H27FN4O4S. The van der Waals surface area contributed by atoms with Gasteiger partial charge in [-0.3, -0.25) is 0 Å². The maximum absolute atomic E-state index is 13.5. The predicted octanol–water partition coefficient (Wildman–Crippen LogP) is 4.55. The number of piperidine rings is 1. The number of anilines is 1. The maximum atomic E-state index is 13.5. The van der Waals surface area contributed by atoms with E-state index in [0.717, 1.165) is 56.2 Å². The smallest absolute Gasteiger partial charge is 0.284 e. The van der Waals surface area contributed by atoms with E-state index < -0.39 is 21.5 Å². The highest BCUT2D eigenvalue weighted by Gasteiger charge is 2.34. The van der Waals surface area contributed by atoms with Crippen molar-refractivity contribution in [3.05, 3.63) is 94.6 Å². The fourth-order valence-corrected chi connectivity index (χ4v) is 5.36. The lowest BCUT2D eigenvalue weighted by atomic mass is 9.85. The van der Waals surface area contributed by atoms with Crippen LogP contribution in [0.1, 0.15) is 24.0 Å². The van der Waals surface area contributed by atoms with Crippen LogP contribution in [-0.4, -0.2) is 40.1 Å². The predicted molar refractivity (Wildman–Crippen MR) is 138 cm³/mol. The van der Waals surface area contributed by atoms with Crippen LogP contribution < -0.4 is 10.6 Å². The van der Waals surface area contributed by atoms with E-state index in [9.17, 15) is 17.7 Å². The van der Waals surface area contributed by atoms with Crippen molar-refractivity contribution in [2.45, 2.75) is 29.8 Å². The molecule has 0 bridgehead atoms. The summed E-state index contributed by atoms with van der Waals surface area (Å²) in [5.74, 6) is -1.14. The molecule has 0 radical (unpaired) electrons. The quantitative estimate of drug-likeness (QED) is 0.270. The van der Waals surface area contributed by atoms with Gasteiger partial charge in [-0.1, -0.05) is 30.3 Å². The van der Waals surface area contributed by atoms with Crippen LogP contribution in [0.25, 0.3) is 0 Å². The molecule has 0 aliphatic carbocycles. The summed E-state index contributed by atoms with van der Waals surface area (Å²) in [6, 6.07) is 20.1. The second-order valence-electron chi connectivity index (χ2n) is 8.74. The number of hydrogen-bond donors (Lipinski definition) is 1. The van der Waals surface area contributed by atoms with Gasteiger partial charge in [0.1, 0.15) is 11.5 Å². The minimum absolute atomic E-state index is 0.206. The zero-order valence-corrected chi connectivity index (χ0v) is 20.6. The maximum Gasteiger partial charge on any atom is 0.284 e. The molecule has 36 heavy (non-hydrogen) atoms. The SMILES string of the molecule is COC1(Cc2ccccc2)CCN(c2ccc(C(N)=NS(=O)(=O)c3ccc(F)c(N=O)c3)cc2)CC1. The summed E-state index contributed by atoms with van der Waals surface area (Å²) in [4.78, 5) is 12.6. The molecule has 188 valence electrons. The lowest BCUT2D eigenvalue weighted by Gasteiger charge is -2.42. The molecule has 1 aliphatic heterocycles. The van der Waals surface area contributed by atoms with Crippen LogP contribution in [0.5, 0.6) is 0 Å². The number of ether oxygens (including phenoxy) is 1. The van der Waals surface area contributed by atoms with Gasteiger partial charge in [0, 0.05) is 37.9 Å². The second kappa shape index (κ2) is 10.5. The molecule has 0 amide bonds. The van der Waals surface area contributed by atoms with Gasteiger partial charge in [0.2, 0.25) is 0 Å². The fraction of sp³-hybridized carbons (Fsp3) is 0.269. The molecule has 3 aromatic carbocycles. The summed E-state index contributed by atoms with van der Waals surface area (Å²) >= 11 is 0. The Balaban J connectivity index is 1.44. The second-order valence-corrected chi connectivity index (χ2v) is 10.3. The number of amidine groups is 1. The van der Waals surface area contributed by atoms with Crippen molar-refractivity contribution in [3.63, 3.8) is 0 Å². The van der Waals surface area contributed by atoms with Crippen molar-refractivity contribution in [1.29, 1.82) is 0 Å². The Hall–Kier alpha value is -3.63. The zero-order valence-electron chi connectivity index (χ0n) is 19.8. The van der Waals surface area contributed by atoms with E-state index in [1.807, 2.05) is 30.3 Å². The van der Waals surface area contributed by atoms with Gasteiger partial charge in [0.15, 0.2) is 5.82 Å². The molecule has 1 heterocycles. The third-order valence-electron chi connectivity index (χ3n) is 6.54. The summed E-state index contributed by atoms with van der Waals surface area (Å²) in [6.07, 6.45) is 2.60. The highest BCUT2D eigenvalue weighted by Crippen LogP contribution is 2.32. The minimum Gasteiger partial charge on any atom is -0.383 e. The normalized spacial score (nSPS) is 16.1. The lowest BCUT2D eigenvalue weighted by Crippen LogP contribution is -2.47. The van der Waals surface area contributed by atoms with E-state index in [1.165, 1.54) is 5.56 Å². The van der Waals surface area contributed by atoms with Gasteiger partial charge in [0.05, 0.1) is 10.5 Å². The monoisotopic (exact) mass is 510 g/mol. The molecule has 0 unspecified atom stereocenters. The molecule has 8 nitrogen and oxygen atoms in total. The highest BCUT2D eigenvalue weighted by atomic mass is 32.2. The Morgan fingerprint density at radius 2 is 1.72 bits per heavy atom. The first kappa shape index (κ1) is 25.5. The van der Waals surface area contributed by atoms with Gasteiger partial charge in [-0.15, -0.1) is 9.30 Å². The first-order valence-electron chi connectivity index (χ1n) is 11.4. The van der Waals surface area contributed by atoms with Crippen molar-refractivity contribution in [2.24, 2.45) is 15.3 Å². The van der Waals surface area contributed by atoms with Gasteiger partial charge in [-0.05, 0) is 66.0 Å². The van der Waals surface area contributed by atoms with Crippen molar-refractivity contribution < 1.29 is 17.5 Å². The summed E-state index contributed by atoms with van der Waals surface area (Å²) in [5.41, 5.74) is 7.79. The number of benzene rings is 3. The van der Waals surface area contributed by atoms with E-state index in [1.54, 1.807) is 19.2 Å². The fourth-order valence-electron chi connectivity index (χ4n) is 4.39. The standard InChI is InChI=1S/C26H27FN4O4S/c1-35-26(18-19-5-3-2-4-6-19)13-15-31(16-14-26)21-9-7-20(8-10-21)25(28)30-36(33,34)22-11-12-23(27)24(17-22)29-32/h2-12,17H,13-16,18H2,1H3,(H2,28,30). The third-order valence-corrected chi connectivity index (χ3v) is 7.82. The van der Waals surface area contributed by atoms with E-state index in [-0.39, 0.29) is 16.3 Å². The molecule has 0 spiro atoms. The van der Waals surface area contributed by atoms with E-state index in [0.29, 0.717) is 5.56 Å². The number of hydrogen-bond acceptors (Lipinski definition) is 6. The summed E-state index contributed by atoms with van der Waals surface area (Å²) in [6.45, 7) is 1.63. The topological polar surface area (TPSA) is 114 Å². The van der Waals surface area contributed by atoms with E-state index in [2.05, 4.69) is 26.6 Å². The Morgan fingerprint density at radius 3 is 2.33 bits per heavy atom. The Kier molecular flexibility index (Phi) is 7.46. The van der Waals surface area contributed by atoms with Crippen LogP contribution in [0.2, 0.25) is 0 Å². The number of halogens is 1. The van der Waals surface area contributed by atoms with Crippen molar-refractivity contribution in [3.8, 4) is 0 Å². The molecule has 0 atom stereocenters. The summed E-state index contributed by atoms with van der Waals surface area (Å²) < 4.78 is 48.2. The van der Waals surface area contributed by atoms with Gasteiger partial charge < -0.3 is 15.4 Å². The van der Waals surface area contributed by atoms with Crippen LogP contribution in [-0.2, 0) is 21.2 Å². The highest BCUT2D eigenvalue weighted by molar-refractivity contribution is 7.90. The van der Waals surface area contributed by atoms with Crippen LogP contribution in [0.15, 0.2) is 87.3 Å².